The number of fused-ring (bicyclic) bond motifs is 2. The molecule has 9 heteroatoms. The quantitative estimate of drug-likeness (QED) is 0.644. The molecule has 2 N–H and O–H groups in total. The standard InChI is InChI=1S/C23H24F2N6O/c1-13(17-9-22(2)6-7-23(3,30-22)20(17)25)18-11-26-21(29-28-18)16-5-4-15(8-19(16)32)31-12-14(24)10-27-31/h4-5,8,10-12,17,20,30,32H,1,6-7,9H2,2-3H3/t17-,20+,22+,23-/m1/s1. The van der Waals surface area contributed by atoms with E-state index in [1.165, 1.54) is 23.1 Å². The maximum absolute atomic E-state index is 15.4. The van der Waals surface area contributed by atoms with Gasteiger partial charge in [0.25, 0.3) is 0 Å². The number of phenolic OH excluding ortho intramolecular Hbond substituents is 1. The van der Waals surface area contributed by atoms with E-state index in [2.05, 4.69) is 39.1 Å². The Bertz CT molecular complexity index is 1200. The Kier molecular flexibility index (Phi) is 4.63. The minimum atomic E-state index is -1.07. The number of nitrogens with zero attached hydrogens (tertiary/aromatic N) is 5. The van der Waals surface area contributed by atoms with Crippen molar-refractivity contribution in [2.75, 3.05) is 0 Å². The Hall–Kier alpha value is -3.20. The number of benzene rings is 1. The Balaban J connectivity index is 1.38. The van der Waals surface area contributed by atoms with Crippen molar-refractivity contribution in [1.82, 2.24) is 30.3 Å². The van der Waals surface area contributed by atoms with Crippen LogP contribution >= 0.6 is 0 Å². The lowest BCUT2D eigenvalue weighted by molar-refractivity contribution is 0.0770. The van der Waals surface area contributed by atoms with Crippen LogP contribution in [0, 0.1) is 11.7 Å². The molecule has 7 nitrogen and oxygen atoms in total. The first-order valence-corrected chi connectivity index (χ1v) is 10.5. The number of nitrogens with one attached hydrogen (secondary N) is 1. The summed E-state index contributed by atoms with van der Waals surface area (Å²) in [5.41, 5.74) is 1.21. The summed E-state index contributed by atoms with van der Waals surface area (Å²) >= 11 is 0. The van der Waals surface area contributed by atoms with Gasteiger partial charge in [-0.2, -0.15) is 5.10 Å². The first-order chi connectivity index (χ1) is 15.2. The molecule has 2 aliphatic rings. The van der Waals surface area contributed by atoms with Crippen molar-refractivity contribution in [3.63, 3.8) is 0 Å². The maximum atomic E-state index is 15.4. The van der Waals surface area contributed by atoms with Gasteiger partial charge in [-0.05, 0) is 50.8 Å². The van der Waals surface area contributed by atoms with Gasteiger partial charge in [-0.3, -0.25) is 0 Å². The van der Waals surface area contributed by atoms with Crippen LogP contribution in [-0.4, -0.2) is 47.3 Å². The summed E-state index contributed by atoms with van der Waals surface area (Å²) in [4.78, 5) is 4.33. The second-order valence-corrected chi connectivity index (χ2v) is 9.31. The van der Waals surface area contributed by atoms with Gasteiger partial charge in [0.15, 0.2) is 11.6 Å². The number of halogens is 2. The second-order valence-electron chi connectivity index (χ2n) is 9.31. The third kappa shape index (κ3) is 3.37. The zero-order valence-corrected chi connectivity index (χ0v) is 17.9. The molecular weight excluding hydrogens is 414 g/mol. The van der Waals surface area contributed by atoms with Crippen LogP contribution in [0.15, 0.2) is 43.4 Å². The summed E-state index contributed by atoms with van der Waals surface area (Å²) in [6.07, 6.45) is 5.09. The number of hydrogen-bond donors (Lipinski definition) is 2. The molecule has 0 spiro atoms. The minimum absolute atomic E-state index is 0.0913. The molecule has 0 amide bonds. The SMILES string of the molecule is C=C(c1cnc(-c2ccc(-n3cc(F)cn3)cc2O)nn1)[C@H]1C[C@]2(C)CC[C@@](C)(N2)[C@H]1F. The highest BCUT2D eigenvalue weighted by Crippen LogP contribution is 2.49. The summed E-state index contributed by atoms with van der Waals surface area (Å²) in [6, 6.07) is 4.72. The number of rotatable bonds is 4. The summed E-state index contributed by atoms with van der Waals surface area (Å²) in [5, 5.41) is 26.1. The van der Waals surface area contributed by atoms with Crippen LogP contribution in [0.3, 0.4) is 0 Å². The Morgan fingerprint density at radius 2 is 2.06 bits per heavy atom. The summed E-state index contributed by atoms with van der Waals surface area (Å²) in [7, 11) is 0. The van der Waals surface area contributed by atoms with Crippen LogP contribution in [0.5, 0.6) is 5.75 Å². The number of aromatic nitrogens is 5. The summed E-state index contributed by atoms with van der Waals surface area (Å²) in [6.45, 7) is 8.18. The van der Waals surface area contributed by atoms with Gasteiger partial charge in [0.2, 0.25) is 0 Å². The van der Waals surface area contributed by atoms with Crippen molar-refractivity contribution in [1.29, 1.82) is 0 Å². The van der Waals surface area contributed by atoms with Gasteiger partial charge >= 0.3 is 0 Å². The number of phenols is 1. The highest BCUT2D eigenvalue weighted by molar-refractivity contribution is 5.67. The largest absolute Gasteiger partial charge is 0.507 e. The third-order valence-electron chi connectivity index (χ3n) is 6.79. The molecule has 2 saturated heterocycles. The fourth-order valence-corrected chi connectivity index (χ4v) is 5.07. The van der Waals surface area contributed by atoms with Gasteiger partial charge in [-0.25, -0.2) is 18.4 Å². The van der Waals surface area contributed by atoms with Crippen LogP contribution in [0.4, 0.5) is 8.78 Å². The van der Waals surface area contributed by atoms with E-state index in [0.29, 0.717) is 28.9 Å². The fraction of sp³-hybridized carbons (Fsp3) is 0.391. The lowest BCUT2D eigenvalue weighted by Gasteiger charge is -2.45. The molecule has 0 unspecified atom stereocenters. The van der Waals surface area contributed by atoms with E-state index in [0.717, 1.165) is 19.0 Å². The molecular formula is C23H24F2N6O. The van der Waals surface area contributed by atoms with Gasteiger partial charge in [0, 0.05) is 23.1 Å². The zero-order valence-electron chi connectivity index (χ0n) is 17.9. The van der Waals surface area contributed by atoms with Crippen molar-refractivity contribution >= 4 is 5.57 Å². The highest BCUT2D eigenvalue weighted by atomic mass is 19.1. The molecule has 4 heterocycles. The van der Waals surface area contributed by atoms with E-state index >= 15 is 4.39 Å². The van der Waals surface area contributed by atoms with Crippen molar-refractivity contribution in [2.45, 2.75) is 50.4 Å². The first kappa shape index (κ1) is 20.7. The number of alkyl halides is 1. The first-order valence-electron chi connectivity index (χ1n) is 10.5. The van der Waals surface area contributed by atoms with Gasteiger partial charge < -0.3 is 10.4 Å². The van der Waals surface area contributed by atoms with E-state index in [-0.39, 0.29) is 23.0 Å². The molecule has 5 rings (SSSR count). The average Bonchev–Trinajstić information content (AvgIpc) is 3.32. The Morgan fingerprint density at radius 3 is 2.72 bits per heavy atom. The average molecular weight is 438 g/mol. The molecule has 2 fully saturated rings. The Labute approximate surface area is 184 Å². The molecule has 4 atom stereocenters. The summed E-state index contributed by atoms with van der Waals surface area (Å²) in [5.74, 6) is -0.709. The lowest BCUT2D eigenvalue weighted by atomic mass is 9.75. The molecule has 3 aromatic rings. The predicted octanol–water partition coefficient (Wildman–Crippen LogP) is 3.84. The monoisotopic (exact) mass is 438 g/mol. The Morgan fingerprint density at radius 1 is 1.25 bits per heavy atom. The van der Waals surface area contributed by atoms with E-state index in [4.69, 9.17) is 0 Å². The summed E-state index contributed by atoms with van der Waals surface area (Å²) < 4.78 is 29.9. The van der Waals surface area contributed by atoms with Crippen molar-refractivity contribution in [2.24, 2.45) is 5.92 Å². The fourth-order valence-electron chi connectivity index (χ4n) is 5.07. The van der Waals surface area contributed by atoms with Gasteiger partial charge in [-0.1, -0.05) is 6.58 Å². The number of piperidine rings is 1. The van der Waals surface area contributed by atoms with Crippen LogP contribution in [0.2, 0.25) is 0 Å². The number of aromatic hydroxyl groups is 1. The van der Waals surface area contributed by atoms with Crippen molar-refractivity contribution in [3.8, 4) is 22.8 Å². The molecule has 2 bridgehead atoms. The predicted molar refractivity (Wildman–Crippen MR) is 115 cm³/mol. The van der Waals surface area contributed by atoms with Crippen LogP contribution < -0.4 is 5.32 Å². The van der Waals surface area contributed by atoms with Gasteiger partial charge in [0.1, 0.15) is 17.6 Å². The van der Waals surface area contributed by atoms with E-state index in [1.54, 1.807) is 12.1 Å². The van der Waals surface area contributed by atoms with E-state index in [9.17, 15) is 9.50 Å². The zero-order chi connectivity index (χ0) is 22.7. The topological polar surface area (TPSA) is 88.8 Å². The van der Waals surface area contributed by atoms with E-state index < -0.39 is 17.5 Å². The third-order valence-corrected chi connectivity index (χ3v) is 6.79. The van der Waals surface area contributed by atoms with Gasteiger partial charge in [0.05, 0.1) is 29.8 Å². The number of allylic oxidation sites excluding steroid dienone is 1. The molecule has 0 saturated carbocycles. The van der Waals surface area contributed by atoms with Crippen molar-refractivity contribution < 1.29 is 13.9 Å². The molecule has 0 radical (unpaired) electrons. The molecule has 2 aliphatic heterocycles. The minimum Gasteiger partial charge on any atom is -0.507 e. The van der Waals surface area contributed by atoms with E-state index in [1.807, 2.05) is 6.92 Å². The molecule has 0 aliphatic carbocycles. The molecule has 1 aromatic carbocycles. The van der Waals surface area contributed by atoms with Gasteiger partial charge in [-0.15, -0.1) is 10.2 Å². The lowest BCUT2D eigenvalue weighted by Crippen LogP contribution is -2.60. The van der Waals surface area contributed by atoms with Crippen LogP contribution in [-0.2, 0) is 0 Å². The van der Waals surface area contributed by atoms with Crippen LogP contribution in [0.25, 0.3) is 22.6 Å². The van der Waals surface area contributed by atoms with Crippen molar-refractivity contribution in [3.05, 3.63) is 54.9 Å². The maximum Gasteiger partial charge on any atom is 0.185 e. The number of hydrogen-bond acceptors (Lipinski definition) is 6. The molecule has 166 valence electrons. The smallest absolute Gasteiger partial charge is 0.185 e. The second kappa shape index (κ2) is 7.16. The molecule has 32 heavy (non-hydrogen) atoms. The molecule has 2 aromatic heterocycles. The van der Waals surface area contributed by atoms with Crippen LogP contribution in [0.1, 0.15) is 38.8 Å². The normalized spacial score (nSPS) is 29.2. The highest BCUT2D eigenvalue weighted by Gasteiger charge is 2.55.